The van der Waals surface area contributed by atoms with Crippen molar-refractivity contribution in [2.24, 2.45) is 0 Å². The molecule has 0 aliphatic heterocycles. The van der Waals surface area contributed by atoms with Crippen LogP contribution in [0.2, 0.25) is 0 Å². The number of nitrogens with zero attached hydrogens (tertiary/aromatic N) is 2. The number of rotatable bonds is 2. The number of benzene rings is 10. The molecule has 3 aliphatic carbocycles. The van der Waals surface area contributed by atoms with Gasteiger partial charge in [-0.3, -0.25) is 0 Å². The lowest BCUT2D eigenvalue weighted by Gasteiger charge is -2.48. The van der Waals surface area contributed by atoms with E-state index in [1.54, 1.807) is 0 Å². The zero-order valence-electron chi connectivity index (χ0n) is 34.8. The molecular formula is C62H38N2. The zero-order chi connectivity index (χ0) is 41.7. The van der Waals surface area contributed by atoms with Crippen LogP contribution in [-0.2, 0) is 10.8 Å². The van der Waals surface area contributed by atoms with Gasteiger partial charge in [-0.05, 0) is 97.6 Å². The quantitative estimate of drug-likeness (QED) is 0.165. The molecule has 0 saturated carbocycles. The molecule has 0 fully saturated rings. The fourth-order valence-electron chi connectivity index (χ4n) is 13.0. The first-order valence-corrected chi connectivity index (χ1v) is 22.4. The largest absolute Gasteiger partial charge is 0.309 e. The molecule has 2 heteroatoms. The Morgan fingerprint density at radius 1 is 0.250 bits per heavy atom. The molecular weight excluding hydrogens is 773 g/mol. The Morgan fingerprint density at radius 3 is 1.28 bits per heavy atom. The van der Waals surface area contributed by atoms with Gasteiger partial charge in [0.05, 0.1) is 32.9 Å². The highest BCUT2D eigenvalue weighted by Crippen LogP contribution is 2.68. The van der Waals surface area contributed by atoms with Crippen LogP contribution in [-0.4, -0.2) is 9.13 Å². The number of hydrogen-bond acceptors (Lipinski definition) is 0. The fraction of sp³-hybridized carbons (Fsp3) is 0.0323. The SMILES string of the molecule is c1ccc(-n2c3ccccc3c3ccc(-n4c5ccccc5c5ccc6c(c54)-c4ccccc4C64c5ccccc5C5(c6ccccc6-c6ccccc65)c5ccccc54)cc32)cc1. The highest BCUT2D eigenvalue weighted by Gasteiger charge is 2.59. The first-order valence-electron chi connectivity index (χ1n) is 22.4. The van der Waals surface area contributed by atoms with E-state index in [2.05, 4.69) is 240 Å². The van der Waals surface area contributed by atoms with Crippen LogP contribution in [0.5, 0.6) is 0 Å². The average molecular weight is 811 g/mol. The minimum Gasteiger partial charge on any atom is -0.309 e. The molecule has 0 saturated heterocycles. The molecule has 15 rings (SSSR count). The Balaban J connectivity index is 1.09. The van der Waals surface area contributed by atoms with E-state index < -0.39 is 10.8 Å². The third kappa shape index (κ3) is 3.95. The van der Waals surface area contributed by atoms with Crippen molar-refractivity contribution in [2.75, 3.05) is 0 Å². The van der Waals surface area contributed by atoms with Gasteiger partial charge in [0.25, 0.3) is 0 Å². The van der Waals surface area contributed by atoms with Crippen molar-refractivity contribution in [1.82, 2.24) is 9.13 Å². The fourth-order valence-corrected chi connectivity index (χ4v) is 13.0. The van der Waals surface area contributed by atoms with Crippen LogP contribution in [0.4, 0.5) is 0 Å². The Morgan fingerprint density at radius 2 is 0.672 bits per heavy atom. The standard InChI is InChI=1S/C62H38N2/c1-2-18-39(19-3-1)63-56-32-16-7-22-43(56)45-35-34-40(38-58(45)63)64-57-33-17-8-23-44(57)46-36-37-55-59(60(46)64)47-24-6-11-27-50(47)62(55)53-30-14-12-28-51(53)61(52-29-13-15-31-54(52)62)48-25-9-4-20-41(48)42-21-5-10-26-49(42)61/h1-38H. The number of fused-ring (bicyclic) bond motifs is 23. The van der Waals surface area contributed by atoms with Gasteiger partial charge in [0, 0.05) is 38.5 Å². The van der Waals surface area contributed by atoms with Crippen molar-refractivity contribution >= 4 is 43.6 Å². The molecule has 2 spiro atoms. The summed E-state index contributed by atoms with van der Waals surface area (Å²) in [5.74, 6) is 0. The summed E-state index contributed by atoms with van der Waals surface area (Å²) >= 11 is 0. The van der Waals surface area contributed by atoms with E-state index in [4.69, 9.17) is 0 Å². The highest BCUT2D eigenvalue weighted by molar-refractivity contribution is 6.17. The molecule has 2 heterocycles. The molecule has 0 atom stereocenters. The predicted molar refractivity (Wildman–Crippen MR) is 263 cm³/mol. The van der Waals surface area contributed by atoms with Gasteiger partial charge in [-0.25, -0.2) is 0 Å². The molecule has 2 nitrogen and oxygen atoms in total. The van der Waals surface area contributed by atoms with Gasteiger partial charge in [-0.1, -0.05) is 194 Å². The van der Waals surface area contributed by atoms with E-state index in [0.717, 1.165) is 11.4 Å². The van der Waals surface area contributed by atoms with Crippen molar-refractivity contribution < 1.29 is 0 Å². The number of para-hydroxylation sites is 3. The van der Waals surface area contributed by atoms with E-state index in [0.29, 0.717) is 0 Å². The maximum Gasteiger partial charge on any atom is 0.0720 e. The molecule has 10 aromatic carbocycles. The van der Waals surface area contributed by atoms with Gasteiger partial charge in [0.15, 0.2) is 0 Å². The first kappa shape index (κ1) is 34.4. The summed E-state index contributed by atoms with van der Waals surface area (Å²) in [5.41, 5.74) is 22.1. The van der Waals surface area contributed by atoms with Crippen LogP contribution >= 0.6 is 0 Å². The van der Waals surface area contributed by atoms with Crippen molar-refractivity contribution in [3.05, 3.63) is 275 Å². The molecule has 12 aromatic rings. The van der Waals surface area contributed by atoms with Gasteiger partial charge in [-0.2, -0.15) is 0 Å². The molecule has 0 unspecified atom stereocenters. The molecule has 0 radical (unpaired) electrons. The van der Waals surface area contributed by atoms with E-state index in [1.165, 1.54) is 110 Å². The third-order valence-electron chi connectivity index (χ3n) is 15.2. The predicted octanol–water partition coefficient (Wildman–Crippen LogP) is 14.9. The summed E-state index contributed by atoms with van der Waals surface area (Å²) < 4.78 is 5.00. The third-order valence-corrected chi connectivity index (χ3v) is 15.2. The number of aromatic nitrogens is 2. The van der Waals surface area contributed by atoms with Crippen molar-refractivity contribution in [3.63, 3.8) is 0 Å². The van der Waals surface area contributed by atoms with E-state index in [9.17, 15) is 0 Å². The lowest BCUT2D eigenvalue weighted by molar-refractivity contribution is 0.633. The molecule has 64 heavy (non-hydrogen) atoms. The summed E-state index contributed by atoms with van der Waals surface area (Å²) in [6.45, 7) is 0. The highest BCUT2D eigenvalue weighted by atomic mass is 15.0. The first-order chi connectivity index (χ1) is 31.8. The lowest BCUT2D eigenvalue weighted by atomic mass is 9.52. The summed E-state index contributed by atoms with van der Waals surface area (Å²) in [7, 11) is 0. The van der Waals surface area contributed by atoms with Crippen LogP contribution in [0.1, 0.15) is 44.5 Å². The van der Waals surface area contributed by atoms with E-state index in [-0.39, 0.29) is 0 Å². The van der Waals surface area contributed by atoms with Crippen molar-refractivity contribution in [1.29, 1.82) is 0 Å². The smallest absolute Gasteiger partial charge is 0.0720 e. The van der Waals surface area contributed by atoms with Gasteiger partial charge in [-0.15, -0.1) is 0 Å². The maximum absolute atomic E-state index is 2.57. The minimum atomic E-state index is -0.573. The zero-order valence-corrected chi connectivity index (χ0v) is 34.8. The summed E-state index contributed by atoms with van der Waals surface area (Å²) in [6, 6.07) is 87.0. The van der Waals surface area contributed by atoms with Gasteiger partial charge < -0.3 is 9.13 Å². The Hall–Kier alpha value is -8.20. The Bertz CT molecular complexity index is 3880. The Kier molecular flexibility index (Phi) is 6.58. The second kappa shape index (κ2) is 12.2. The second-order valence-corrected chi connectivity index (χ2v) is 17.9. The van der Waals surface area contributed by atoms with Gasteiger partial charge in [0.1, 0.15) is 0 Å². The lowest BCUT2D eigenvalue weighted by Crippen LogP contribution is -2.43. The summed E-state index contributed by atoms with van der Waals surface area (Å²) in [4.78, 5) is 0. The molecule has 0 N–H and O–H groups in total. The molecule has 2 aromatic heterocycles. The summed E-state index contributed by atoms with van der Waals surface area (Å²) in [6.07, 6.45) is 0. The monoisotopic (exact) mass is 810 g/mol. The van der Waals surface area contributed by atoms with Crippen molar-refractivity contribution in [3.8, 4) is 33.6 Å². The molecule has 0 bridgehead atoms. The minimum absolute atomic E-state index is 0.477. The second-order valence-electron chi connectivity index (χ2n) is 17.9. The van der Waals surface area contributed by atoms with Crippen LogP contribution in [0, 0.1) is 0 Å². The molecule has 3 aliphatic rings. The van der Waals surface area contributed by atoms with Crippen molar-refractivity contribution in [2.45, 2.75) is 10.8 Å². The topological polar surface area (TPSA) is 9.86 Å². The normalized spacial score (nSPS) is 14.5. The molecule has 0 amide bonds. The van der Waals surface area contributed by atoms with Gasteiger partial charge >= 0.3 is 0 Å². The van der Waals surface area contributed by atoms with Crippen LogP contribution in [0.15, 0.2) is 231 Å². The van der Waals surface area contributed by atoms with E-state index >= 15 is 0 Å². The van der Waals surface area contributed by atoms with Crippen LogP contribution < -0.4 is 0 Å². The number of hydrogen-bond donors (Lipinski definition) is 0. The average Bonchev–Trinajstić information content (AvgIpc) is 4.07. The Labute approximate surface area is 370 Å². The summed E-state index contributed by atoms with van der Waals surface area (Å²) in [5, 5.41) is 5.02. The maximum atomic E-state index is 2.57. The van der Waals surface area contributed by atoms with E-state index in [1.807, 2.05) is 0 Å². The molecule has 296 valence electrons. The van der Waals surface area contributed by atoms with Crippen LogP contribution in [0.25, 0.3) is 77.2 Å². The van der Waals surface area contributed by atoms with Crippen LogP contribution in [0.3, 0.4) is 0 Å². The van der Waals surface area contributed by atoms with Gasteiger partial charge in [0.2, 0.25) is 0 Å².